The Balaban J connectivity index is 1.27. The minimum atomic E-state index is -0.520. The first kappa shape index (κ1) is 26.7. The van der Waals surface area contributed by atoms with Crippen molar-refractivity contribution in [3.63, 3.8) is 0 Å². The molecule has 0 unspecified atom stereocenters. The number of benzene rings is 3. The largest absolute Gasteiger partial charge is 0.451 e. The van der Waals surface area contributed by atoms with E-state index in [1.165, 1.54) is 18.2 Å². The molecule has 1 aromatic heterocycles. The molecule has 1 aliphatic heterocycles. The summed E-state index contributed by atoms with van der Waals surface area (Å²) < 4.78 is 5.69. The van der Waals surface area contributed by atoms with E-state index in [4.69, 9.17) is 16.0 Å². The molecule has 4 aromatic rings. The smallest absolute Gasteiger partial charge is 0.291 e. The van der Waals surface area contributed by atoms with Crippen molar-refractivity contribution in [2.75, 3.05) is 36.4 Å². The van der Waals surface area contributed by atoms with Gasteiger partial charge in [0.1, 0.15) is 5.76 Å². The maximum Gasteiger partial charge on any atom is 0.291 e. The molecule has 10 heteroatoms. The van der Waals surface area contributed by atoms with Gasteiger partial charge in [0.15, 0.2) is 5.76 Å². The van der Waals surface area contributed by atoms with Crippen LogP contribution in [0.3, 0.4) is 0 Å². The highest BCUT2D eigenvalue weighted by molar-refractivity contribution is 6.31. The lowest BCUT2D eigenvalue weighted by Gasteiger charge is -2.36. The van der Waals surface area contributed by atoms with Crippen LogP contribution in [0.2, 0.25) is 5.02 Å². The molecule has 2 amide bonds. The molecule has 1 saturated heterocycles. The molecule has 0 bridgehead atoms. The molecular weight excluding hydrogens is 532 g/mol. The van der Waals surface area contributed by atoms with Crippen LogP contribution >= 0.6 is 11.6 Å². The lowest BCUT2D eigenvalue weighted by Crippen LogP contribution is -2.48. The standard InChI is InChI=1S/C30H25ClN4O5/c31-22-11-12-26(33-16-18-34(19-17-33)29(36)15-10-21-6-2-1-3-7-21)24(20-22)32-30(37)28-14-13-27(40-28)23-8-4-5-9-25(23)35(38)39/h1-15,20H,16-19H2,(H,32,37)/b15-10+. The number of furan rings is 1. The summed E-state index contributed by atoms with van der Waals surface area (Å²) in [5, 5.41) is 14.7. The third-order valence-electron chi connectivity index (χ3n) is 6.55. The number of para-hydroxylation sites is 1. The molecule has 1 N–H and O–H groups in total. The lowest BCUT2D eigenvalue weighted by molar-refractivity contribution is -0.384. The molecule has 9 nitrogen and oxygen atoms in total. The first-order valence-electron chi connectivity index (χ1n) is 12.6. The number of nitro groups is 1. The summed E-state index contributed by atoms with van der Waals surface area (Å²) in [6.45, 7) is 2.17. The van der Waals surface area contributed by atoms with Crippen LogP contribution in [-0.2, 0) is 4.79 Å². The zero-order valence-electron chi connectivity index (χ0n) is 21.3. The summed E-state index contributed by atoms with van der Waals surface area (Å²) in [5.41, 5.74) is 2.37. The highest BCUT2D eigenvalue weighted by Crippen LogP contribution is 2.33. The van der Waals surface area contributed by atoms with Crippen LogP contribution in [0.15, 0.2) is 95.4 Å². The molecule has 5 rings (SSSR count). The van der Waals surface area contributed by atoms with Crippen molar-refractivity contribution < 1.29 is 18.9 Å². The molecule has 2 heterocycles. The Hall–Kier alpha value is -4.89. The highest BCUT2D eigenvalue weighted by Gasteiger charge is 2.24. The normalized spacial score (nSPS) is 13.4. The average molecular weight is 557 g/mol. The molecule has 0 aliphatic carbocycles. The van der Waals surface area contributed by atoms with Crippen LogP contribution in [-0.4, -0.2) is 47.8 Å². The first-order chi connectivity index (χ1) is 19.4. The van der Waals surface area contributed by atoms with Crippen molar-refractivity contribution in [1.29, 1.82) is 0 Å². The highest BCUT2D eigenvalue weighted by atomic mass is 35.5. The van der Waals surface area contributed by atoms with Gasteiger partial charge in [0, 0.05) is 43.3 Å². The Bertz CT molecular complexity index is 1580. The number of carbonyl (C=O) groups is 2. The topological polar surface area (TPSA) is 109 Å². The van der Waals surface area contributed by atoms with E-state index in [2.05, 4.69) is 10.2 Å². The molecule has 40 heavy (non-hydrogen) atoms. The van der Waals surface area contributed by atoms with Gasteiger partial charge in [-0.25, -0.2) is 0 Å². The van der Waals surface area contributed by atoms with Gasteiger partial charge in [0.05, 0.1) is 21.9 Å². The van der Waals surface area contributed by atoms with Crippen LogP contribution < -0.4 is 10.2 Å². The van der Waals surface area contributed by atoms with Gasteiger partial charge in [-0.05, 0) is 48.0 Å². The zero-order chi connectivity index (χ0) is 28.1. The molecule has 0 radical (unpaired) electrons. The molecule has 1 fully saturated rings. The number of anilines is 2. The van der Waals surface area contributed by atoms with Gasteiger partial charge in [-0.2, -0.15) is 0 Å². The predicted octanol–water partition coefficient (Wildman–Crippen LogP) is 6.12. The first-order valence-corrected chi connectivity index (χ1v) is 13.0. The summed E-state index contributed by atoms with van der Waals surface area (Å²) in [4.78, 5) is 40.5. The quantitative estimate of drug-likeness (QED) is 0.167. The molecule has 0 saturated carbocycles. The molecule has 3 aromatic carbocycles. The molecule has 1 aliphatic rings. The fraction of sp³-hybridized carbons (Fsp3) is 0.133. The van der Waals surface area contributed by atoms with Crippen LogP contribution in [0.1, 0.15) is 16.1 Å². The number of nitrogens with one attached hydrogen (secondary N) is 1. The van der Waals surface area contributed by atoms with E-state index < -0.39 is 10.8 Å². The predicted molar refractivity (Wildman–Crippen MR) is 154 cm³/mol. The minimum Gasteiger partial charge on any atom is -0.451 e. The summed E-state index contributed by atoms with van der Waals surface area (Å²) in [6, 6.07) is 24.0. The molecular formula is C30H25ClN4O5. The van der Waals surface area contributed by atoms with Crippen molar-refractivity contribution in [1.82, 2.24) is 4.90 Å². The Morgan fingerprint density at radius 3 is 2.40 bits per heavy atom. The lowest BCUT2D eigenvalue weighted by atomic mass is 10.1. The van der Waals surface area contributed by atoms with Crippen molar-refractivity contribution in [2.24, 2.45) is 0 Å². The van der Waals surface area contributed by atoms with Crippen molar-refractivity contribution in [3.05, 3.63) is 117 Å². The molecule has 0 atom stereocenters. The minimum absolute atomic E-state index is 0.000282. The number of carbonyl (C=O) groups excluding carboxylic acids is 2. The second-order valence-electron chi connectivity index (χ2n) is 9.11. The number of nitrogens with zero attached hydrogens (tertiary/aromatic N) is 3. The van der Waals surface area contributed by atoms with Crippen molar-refractivity contribution >= 4 is 46.6 Å². The van der Waals surface area contributed by atoms with Gasteiger partial charge in [-0.15, -0.1) is 0 Å². The third kappa shape index (κ3) is 6.05. The number of hydrogen-bond acceptors (Lipinski definition) is 6. The Morgan fingerprint density at radius 2 is 1.65 bits per heavy atom. The average Bonchev–Trinajstić information content (AvgIpc) is 3.47. The Labute approximate surface area is 235 Å². The zero-order valence-corrected chi connectivity index (χ0v) is 22.1. The number of amides is 2. The van der Waals surface area contributed by atoms with E-state index >= 15 is 0 Å². The van der Waals surface area contributed by atoms with E-state index in [9.17, 15) is 19.7 Å². The summed E-state index contributed by atoms with van der Waals surface area (Å²) >= 11 is 6.25. The van der Waals surface area contributed by atoms with E-state index in [1.807, 2.05) is 36.4 Å². The van der Waals surface area contributed by atoms with E-state index in [-0.39, 0.29) is 28.7 Å². The number of piperazine rings is 1. The fourth-order valence-corrected chi connectivity index (χ4v) is 4.69. The second kappa shape index (κ2) is 11.9. The van der Waals surface area contributed by atoms with Gasteiger partial charge in [0.2, 0.25) is 5.91 Å². The van der Waals surface area contributed by atoms with Crippen LogP contribution in [0, 0.1) is 10.1 Å². The monoisotopic (exact) mass is 556 g/mol. The van der Waals surface area contributed by atoms with E-state index in [0.29, 0.717) is 36.9 Å². The van der Waals surface area contributed by atoms with Crippen LogP contribution in [0.4, 0.5) is 17.1 Å². The molecule has 202 valence electrons. The second-order valence-corrected chi connectivity index (χ2v) is 9.55. The summed E-state index contributed by atoms with van der Waals surface area (Å²) in [6.07, 6.45) is 3.39. The number of halogens is 1. The SMILES string of the molecule is O=C(Nc1cc(Cl)ccc1N1CCN(C(=O)/C=C/c2ccccc2)CC1)c1ccc(-c2ccccc2[N+](=O)[O-])o1. The maximum absolute atomic E-state index is 13.1. The number of hydrogen-bond donors (Lipinski definition) is 1. The maximum atomic E-state index is 13.1. The summed E-state index contributed by atoms with van der Waals surface area (Å²) in [7, 11) is 0. The van der Waals surface area contributed by atoms with Crippen LogP contribution in [0.25, 0.3) is 17.4 Å². The van der Waals surface area contributed by atoms with Gasteiger partial charge in [-0.1, -0.05) is 54.1 Å². The van der Waals surface area contributed by atoms with Gasteiger partial charge in [-0.3, -0.25) is 19.7 Å². The third-order valence-corrected chi connectivity index (χ3v) is 6.79. The Morgan fingerprint density at radius 1 is 0.925 bits per heavy atom. The summed E-state index contributed by atoms with van der Waals surface area (Å²) in [5.74, 6) is -0.362. The van der Waals surface area contributed by atoms with Crippen molar-refractivity contribution in [2.45, 2.75) is 0 Å². The number of rotatable bonds is 7. The number of nitro benzene ring substituents is 1. The van der Waals surface area contributed by atoms with E-state index in [0.717, 1.165) is 11.3 Å². The van der Waals surface area contributed by atoms with Gasteiger partial charge < -0.3 is 19.5 Å². The van der Waals surface area contributed by atoms with Crippen molar-refractivity contribution in [3.8, 4) is 11.3 Å². The Kier molecular flexibility index (Phi) is 7.93. The fourth-order valence-electron chi connectivity index (χ4n) is 4.52. The van der Waals surface area contributed by atoms with Gasteiger partial charge in [0.25, 0.3) is 11.6 Å². The van der Waals surface area contributed by atoms with Crippen LogP contribution in [0.5, 0.6) is 0 Å². The van der Waals surface area contributed by atoms with Gasteiger partial charge >= 0.3 is 0 Å². The van der Waals surface area contributed by atoms with E-state index in [1.54, 1.807) is 47.4 Å². The molecule has 0 spiro atoms.